The van der Waals surface area contributed by atoms with Crippen molar-refractivity contribution in [1.82, 2.24) is 0 Å². The summed E-state index contributed by atoms with van der Waals surface area (Å²) >= 11 is 0. The van der Waals surface area contributed by atoms with Crippen LogP contribution in [0.1, 0.15) is 31.8 Å². The van der Waals surface area contributed by atoms with Gasteiger partial charge in [-0.2, -0.15) is 0 Å². The van der Waals surface area contributed by atoms with E-state index >= 15 is 0 Å². The topological polar surface area (TPSA) is 49.7 Å². The van der Waals surface area contributed by atoms with Gasteiger partial charge in [0.15, 0.2) is 5.44 Å². The van der Waals surface area contributed by atoms with E-state index in [2.05, 4.69) is 4.36 Å². The van der Waals surface area contributed by atoms with Crippen molar-refractivity contribution in [1.29, 1.82) is 0 Å². The highest BCUT2D eigenvalue weighted by Crippen LogP contribution is 2.31. The van der Waals surface area contributed by atoms with Gasteiger partial charge in [0.05, 0.1) is 9.73 Å². The molecule has 0 radical (unpaired) electrons. The molecule has 0 fully saturated rings. The van der Waals surface area contributed by atoms with E-state index in [-0.39, 0.29) is 0 Å². The largest absolute Gasteiger partial charge is 0.374 e. The lowest BCUT2D eigenvalue weighted by Crippen LogP contribution is -2.32. The standard InChI is InChI=1S/C12H19NO2S/c1-12(2,3)16(15,13-4)11(14)10-8-6-5-7-9-10/h5-9,11,14H,1-4H3. The molecule has 0 saturated carbocycles. The van der Waals surface area contributed by atoms with Gasteiger partial charge in [-0.3, -0.25) is 0 Å². The van der Waals surface area contributed by atoms with Crippen LogP contribution in [-0.2, 0) is 9.73 Å². The van der Waals surface area contributed by atoms with Gasteiger partial charge in [0.1, 0.15) is 0 Å². The second kappa shape index (κ2) is 4.55. The molecule has 16 heavy (non-hydrogen) atoms. The highest BCUT2D eigenvalue weighted by atomic mass is 32.2. The second-order valence-corrected chi connectivity index (χ2v) is 7.80. The summed E-state index contributed by atoms with van der Waals surface area (Å²) in [5, 5.41) is 10.2. The highest BCUT2D eigenvalue weighted by molar-refractivity contribution is 7.94. The van der Waals surface area contributed by atoms with Gasteiger partial charge in [-0.15, -0.1) is 0 Å². The van der Waals surface area contributed by atoms with E-state index in [1.165, 1.54) is 7.05 Å². The molecule has 4 heteroatoms. The number of aliphatic hydroxyl groups excluding tert-OH is 1. The van der Waals surface area contributed by atoms with E-state index in [0.29, 0.717) is 5.56 Å². The minimum atomic E-state index is -2.69. The maximum absolute atomic E-state index is 12.7. The predicted molar refractivity (Wildman–Crippen MR) is 67.6 cm³/mol. The molecule has 1 aromatic rings. The fourth-order valence-corrected chi connectivity index (χ4v) is 3.45. The molecular formula is C12H19NO2S. The van der Waals surface area contributed by atoms with Gasteiger partial charge in [-0.25, -0.2) is 8.57 Å². The van der Waals surface area contributed by atoms with Crippen LogP contribution in [0.3, 0.4) is 0 Å². The van der Waals surface area contributed by atoms with Crippen LogP contribution in [0.5, 0.6) is 0 Å². The summed E-state index contributed by atoms with van der Waals surface area (Å²) in [6.07, 6.45) is 0. The molecule has 0 aliphatic rings. The molecule has 1 rings (SSSR count). The molecule has 0 aliphatic carbocycles. The Morgan fingerprint density at radius 3 is 2.12 bits per heavy atom. The smallest absolute Gasteiger partial charge is 0.162 e. The lowest BCUT2D eigenvalue weighted by Gasteiger charge is -2.28. The van der Waals surface area contributed by atoms with E-state index in [9.17, 15) is 9.32 Å². The quantitative estimate of drug-likeness (QED) is 0.865. The number of hydrogen-bond acceptors (Lipinski definition) is 3. The zero-order valence-electron chi connectivity index (χ0n) is 10.2. The van der Waals surface area contributed by atoms with Gasteiger partial charge in [-0.05, 0) is 26.3 Å². The maximum Gasteiger partial charge on any atom is 0.162 e. The molecule has 90 valence electrons. The number of rotatable bonds is 2. The Morgan fingerprint density at radius 2 is 1.75 bits per heavy atom. The lowest BCUT2D eigenvalue weighted by molar-refractivity contribution is 0.258. The Balaban J connectivity index is 3.25. The van der Waals surface area contributed by atoms with Crippen LogP contribution in [0.25, 0.3) is 0 Å². The summed E-state index contributed by atoms with van der Waals surface area (Å²) in [7, 11) is -1.19. The highest BCUT2D eigenvalue weighted by Gasteiger charge is 2.34. The van der Waals surface area contributed by atoms with Crippen molar-refractivity contribution in [3.05, 3.63) is 35.9 Å². The second-order valence-electron chi connectivity index (χ2n) is 4.63. The molecule has 2 atom stereocenters. The van der Waals surface area contributed by atoms with Crippen LogP contribution in [0.4, 0.5) is 0 Å². The van der Waals surface area contributed by atoms with E-state index in [1.54, 1.807) is 12.1 Å². The lowest BCUT2D eigenvalue weighted by atomic mass is 10.2. The summed E-state index contributed by atoms with van der Waals surface area (Å²) in [6, 6.07) is 9.02. The molecule has 0 heterocycles. The number of nitrogens with zero attached hydrogens (tertiary/aromatic N) is 1. The Kier molecular flexibility index (Phi) is 3.76. The first-order chi connectivity index (χ1) is 7.33. The van der Waals surface area contributed by atoms with Crippen LogP contribution in [0.15, 0.2) is 34.7 Å². The van der Waals surface area contributed by atoms with Crippen molar-refractivity contribution < 1.29 is 9.32 Å². The summed E-state index contributed by atoms with van der Waals surface area (Å²) < 4.78 is 16.0. The van der Waals surface area contributed by atoms with Gasteiger partial charge in [0, 0.05) is 11.8 Å². The summed E-state index contributed by atoms with van der Waals surface area (Å²) in [4.78, 5) is 0. The molecule has 0 aliphatic heterocycles. The normalized spacial score (nSPS) is 17.6. The first-order valence-corrected chi connectivity index (χ1v) is 6.77. The first-order valence-electron chi connectivity index (χ1n) is 5.19. The first kappa shape index (κ1) is 13.2. The fourth-order valence-electron chi connectivity index (χ4n) is 1.51. The molecule has 1 N–H and O–H groups in total. The van der Waals surface area contributed by atoms with Gasteiger partial charge in [-0.1, -0.05) is 30.3 Å². The van der Waals surface area contributed by atoms with E-state index in [4.69, 9.17) is 0 Å². The summed E-state index contributed by atoms with van der Waals surface area (Å²) in [6.45, 7) is 5.48. The van der Waals surface area contributed by atoms with Crippen molar-refractivity contribution in [2.45, 2.75) is 31.0 Å². The van der Waals surface area contributed by atoms with Crippen LogP contribution in [0.2, 0.25) is 0 Å². The molecule has 0 bridgehead atoms. The molecular weight excluding hydrogens is 222 g/mol. The number of hydrogen-bond donors (Lipinski definition) is 1. The van der Waals surface area contributed by atoms with Gasteiger partial charge in [0.25, 0.3) is 0 Å². The molecule has 1 aromatic carbocycles. The SMILES string of the molecule is CN=S(=O)(C(O)c1ccccc1)C(C)(C)C. The van der Waals surface area contributed by atoms with Crippen LogP contribution < -0.4 is 0 Å². The summed E-state index contributed by atoms with van der Waals surface area (Å²) in [5.74, 6) is 0. The number of aliphatic hydroxyl groups is 1. The third-order valence-electron chi connectivity index (χ3n) is 2.54. The minimum absolute atomic E-state index is 0.559. The number of benzene rings is 1. The molecule has 0 amide bonds. The van der Waals surface area contributed by atoms with Crippen molar-refractivity contribution in [3.63, 3.8) is 0 Å². The maximum atomic E-state index is 12.7. The molecule has 0 spiro atoms. The molecule has 3 nitrogen and oxygen atoms in total. The average Bonchev–Trinajstić information content (AvgIpc) is 2.26. The minimum Gasteiger partial charge on any atom is -0.374 e. The van der Waals surface area contributed by atoms with E-state index in [0.717, 1.165) is 0 Å². The Morgan fingerprint density at radius 1 is 1.25 bits per heavy atom. The van der Waals surface area contributed by atoms with E-state index < -0.39 is 19.9 Å². The van der Waals surface area contributed by atoms with Crippen LogP contribution in [-0.4, -0.2) is 21.1 Å². The van der Waals surface area contributed by atoms with Gasteiger partial charge < -0.3 is 5.11 Å². The molecule has 0 saturated heterocycles. The third-order valence-corrected chi connectivity index (χ3v) is 5.71. The zero-order valence-corrected chi connectivity index (χ0v) is 11.0. The summed E-state index contributed by atoms with van der Waals surface area (Å²) in [5.41, 5.74) is -0.397. The van der Waals surface area contributed by atoms with Crippen molar-refractivity contribution in [2.75, 3.05) is 7.05 Å². The zero-order chi connectivity index (χ0) is 12.4. The van der Waals surface area contributed by atoms with Gasteiger partial charge >= 0.3 is 0 Å². The Bertz CT molecular complexity index is 454. The third kappa shape index (κ3) is 2.28. The van der Waals surface area contributed by atoms with Crippen molar-refractivity contribution >= 4 is 9.73 Å². The molecule has 0 aromatic heterocycles. The Hall–Kier alpha value is -0.870. The monoisotopic (exact) mass is 241 g/mol. The van der Waals surface area contributed by atoms with Gasteiger partial charge in [0.2, 0.25) is 0 Å². The Labute approximate surface area is 97.7 Å². The van der Waals surface area contributed by atoms with Crippen molar-refractivity contribution in [2.24, 2.45) is 4.36 Å². The van der Waals surface area contributed by atoms with E-state index in [1.807, 2.05) is 39.0 Å². The van der Waals surface area contributed by atoms with Crippen LogP contribution in [0, 0.1) is 0 Å². The molecule has 2 unspecified atom stereocenters. The fraction of sp³-hybridized carbons (Fsp3) is 0.500. The average molecular weight is 241 g/mol. The van der Waals surface area contributed by atoms with Crippen molar-refractivity contribution in [3.8, 4) is 0 Å². The predicted octanol–water partition coefficient (Wildman–Crippen LogP) is 2.57. The van der Waals surface area contributed by atoms with Crippen LogP contribution >= 0.6 is 0 Å².